The summed E-state index contributed by atoms with van der Waals surface area (Å²) in [6.07, 6.45) is -0.181. The summed E-state index contributed by atoms with van der Waals surface area (Å²) in [6, 6.07) is 8.35. The van der Waals surface area contributed by atoms with Gasteiger partial charge in [-0.05, 0) is 36.2 Å². The monoisotopic (exact) mass is 276 g/mol. The van der Waals surface area contributed by atoms with E-state index in [0.29, 0.717) is 11.4 Å². The Morgan fingerprint density at radius 1 is 1.20 bits per heavy atom. The van der Waals surface area contributed by atoms with Crippen LogP contribution in [0, 0.1) is 18.6 Å². The van der Waals surface area contributed by atoms with Crippen LogP contribution in [0.15, 0.2) is 36.4 Å². The zero-order valence-electron chi connectivity index (χ0n) is 10.9. The first-order chi connectivity index (χ1) is 9.45. The van der Waals surface area contributed by atoms with E-state index in [0.717, 1.165) is 17.7 Å². The lowest BCUT2D eigenvalue weighted by Gasteiger charge is -2.09. The highest BCUT2D eigenvalue weighted by atomic mass is 19.1. The van der Waals surface area contributed by atoms with Crippen molar-refractivity contribution >= 4 is 17.3 Å². The molecule has 0 aliphatic heterocycles. The van der Waals surface area contributed by atoms with Crippen molar-refractivity contribution in [3.63, 3.8) is 0 Å². The first-order valence-corrected chi connectivity index (χ1v) is 6.05. The number of rotatable bonds is 3. The minimum Gasteiger partial charge on any atom is -0.397 e. The highest BCUT2D eigenvalue weighted by Crippen LogP contribution is 2.20. The number of nitrogens with two attached hydrogens (primary N) is 1. The molecule has 0 heterocycles. The van der Waals surface area contributed by atoms with Gasteiger partial charge in [0.25, 0.3) is 0 Å². The van der Waals surface area contributed by atoms with Gasteiger partial charge in [-0.1, -0.05) is 12.1 Å². The average molecular weight is 276 g/mol. The SMILES string of the molecule is Cc1ccc(NC(=O)Cc2ccc(F)cc2F)c(N)c1. The zero-order chi connectivity index (χ0) is 14.7. The standard InChI is InChI=1S/C15H14F2N2O/c1-9-2-5-14(13(18)6-9)19-15(20)7-10-3-4-11(16)8-12(10)17/h2-6,8H,7,18H2,1H3,(H,19,20). The number of hydrogen-bond acceptors (Lipinski definition) is 2. The van der Waals surface area contributed by atoms with E-state index in [1.54, 1.807) is 12.1 Å². The number of carbonyl (C=O) groups excluding carboxylic acids is 1. The molecular formula is C15H14F2N2O. The van der Waals surface area contributed by atoms with Gasteiger partial charge in [0.05, 0.1) is 17.8 Å². The number of amides is 1. The Bertz CT molecular complexity index is 601. The highest BCUT2D eigenvalue weighted by Gasteiger charge is 2.10. The van der Waals surface area contributed by atoms with E-state index in [2.05, 4.69) is 5.32 Å². The van der Waals surface area contributed by atoms with E-state index < -0.39 is 17.5 Å². The number of nitrogens with one attached hydrogen (secondary N) is 1. The minimum absolute atomic E-state index is 0.134. The van der Waals surface area contributed by atoms with Gasteiger partial charge in [0.15, 0.2) is 0 Å². The molecule has 0 spiro atoms. The summed E-state index contributed by atoms with van der Waals surface area (Å²) < 4.78 is 26.2. The number of hydrogen-bond donors (Lipinski definition) is 2. The molecule has 3 nitrogen and oxygen atoms in total. The van der Waals surface area contributed by atoms with Crippen LogP contribution in [0.4, 0.5) is 20.2 Å². The van der Waals surface area contributed by atoms with Crippen molar-refractivity contribution in [3.05, 3.63) is 59.2 Å². The second kappa shape index (κ2) is 5.69. The molecule has 20 heavy (non-hydrogen) atoms. The van der Waals surface area contributed by atoms with Gasteiger partial charge in [0, 0.05) is 6.07 Å². The largest absolute Gasteiger partial charge is 0.397 e. The summed E-state index contributed by atoms with van der Waals surface area (Å²) in [7, 11) is 0. The predicted octanol–water partition coefficient (Wildman–Crippen LogP) is 3.04. The Hall–Kier alpha value is -2.43. The van der Waals surface area contributed by atoms with Crippen molar-refractivity contribution in [1.29, 1.82) is 0 Å². The Kier molecular flexibility index (Phi) is 3.98. The molecule has 104 valence electrons. The van der Waals surface area contributed by atoms with Crippen LogP contribution in [0.3, 0.4) is 0 Å². The first-order valence-electron chi connectivity index (χ1n) is 6.05. The number of halogens is 2. The molecule has 2 aromatic rings. The molecule has 0 saturated heterocycles. The van der Waals surface area contributed by atoms with Gasteiger partial charge in [0.1, 0.15) is 11.6 Å². The Morgan fingerprint density at radius 3 is 2.60 bits per heavy atom. The topological polar surface area (TPSA) is 55.1 Å². The molecule has 0 aliphatic carbocycles. The summed E-state index contributed by atoms with van der Waals surface area (Å²) >= 11 is 0. The van der Waals surface area contributed by atoms with Crippen LogP contribution in [0.1, 0.15) is 11.1 Å². The molecule has 0 unspecified atom stereocenters. The first kappa shape index (κ1) is 14.0. The maximum absolute atomic E-state index is 13.4. The fraction of sp³-hybridized carbons (Fsp3) is 0.133. The number of anilines is 2. The van der Waals surface area contributed by atoms with E-state index in [4.69, 9.17) is 5.73 Å². The number of nitrogen functional groups attached to an aromatic ring is 1. The van der Waals surface area contributed by atoms with Crippen molar-refractivity contribution in [3.8, 4) is 0 Å². The van der Waals surface area contributed by atoms with Crippen LogP contribution < -0.4 is 11.1 Å². The van der Waals surface area contributed by atoms with Crippen LogP contribution >= 0.6 is 0 Å². The third-order valence-electron chi connectivity index (χ3n) is 2.85. The molecule has 0 saturated carbocycles. The number of benzene rings is 2. The molecule has 0 bridgehead atoms. The Morgan fingerprint density at radius 2 is 1.95 bits per heavy atom. The molecule has 0 aromatic heterocycles. The van der Waals surface area contributed by atoms with E-state index >= 15 is 0 Å². The fourth-order valence-corrected chi connectivity index (χ4v) is 1.83. The highest BCUT2D eigenvalue weighted by molar-refractivity contribution is 5.95. The molecule has 2 aromatic carbocycles. The van der Waals surface area contributed by atoms with Gasteiger partial charge >= 0.3 is 0 Å². The summed E-state index contributed by atoms with van der Waals surface area (Å²) in [5.41, 5.74) is 7.80. The Balaban J connectivity index is 2.09. The fourth-order valence-electron chi connectivity index (χ4n) is 1.83. The van der Waals surface area contributed by atoms with E-state index in [1.807, 2.05) is 13.0 Å². The van der Waals surface area contributed by atoms with Crippen LogP contribution in [0.2, 0.25) is 0 Å². The lowest BCUT2D eigenvalue weighted by molar-refractivity contribution is -0.115. The third kappa shape index (κ3) is 3.32. The lowest BCUT2D eigenvalue weighted by atomic mass is 10.1. The second-order valence-corrected chi connectivity index (χ2v) is 4.55. The summed E-state index contributed by atoms with van der Waals surface area (Å²) in [5, 5.41) is 2.60. The van der Waals surface area contributed by atoms with E-state index in [9.17, 15) is 13.6 Å². The van der Waals surface area contributed by atoms with Crippen molar-refractivity contribution in [2.24, 2.45) is 0 Å². The molecular weight excluding hydrogens is 262 g/mol. The predicted molar refractivity (Wildman–Crippen MR) is 74.3 cm³/mol. The molecule has 2 rings (SSSR count). The molecule has 3 N–H and O–H groups in total. The van der Waals surface area contributed by atoms with Gasteiger partial charge in [0.2, 0.25) is 5.91 Å². The van der Waals surface area contributed by atoms with Crippen LogP contribution in [-0.2, 0) is 11.2 Å². The maximum Gasteiger partial charge on any atom is 0.228 e. The Labute approximate surface area is 115 Å². The van der Waals surface area contributed by atoms with Crippen LogP contribution in [-0.4, -0.2) is 5.91 Å². The zero-order valence-corrected chi connectivity index (χ0v) is 10.9. The molecule has 0 atom stereocenters. The van der Waals surface area contributed by atoms with Crippen molar-refractivity contribution in [2.45, 2.75) is 13.3 Å². The van der Waals surface area contributed by atoms with Crippen molar-refractivity contribution in [2.75, 3.05) is 11.1 Å². The molecule has 0 fully saturated rings. The summed E-state index contributed by atoms with van der Waals surface area (Å²) in [5.74, 6) is -1.82. The number of aryl methyl sites for hydroxylation is 1. The average Bonchev–Trinajstić information content (AvgIpc) is 2.36. The molecule has 0 radical (unpaired) electrons. The smallest absolute Gasteiger partial charge is 0.228 e. The normalized spacial score (nSPS) is 10.3. The van der Waals surface area contributed by atoms with Crippen LogP contribution in [0.5, 0.6) is 0 Å². The molecule has 0 aliphatic rings. The van der Waals surface area contributed by atoms with E-state index in [-0.39, 0.29) is 12.0 Å². The van der Waals surface area contributed by atoms with Gasteiger partial charge in [-0.15, -0.1) is 0 Å². The van der Waals surface area contributed by atoms with Crippen LogP contribution in [0.25, 0.3) is 0 Å². The van der Waals surface area contributed by atoms with Gasteiger partial charge in [-0.3, -0.25) is 4.79 Å². The molecule has 5 heteroatoms. The number of carbonyl (C=O) groups is 1. The third-order valence-corrected chi connectivity index (χ3v) is 2.85. The quantitative estimate of drug-likeness (QED) is 0.847. The van der Waals surface area contributed by atoms with Crippen molar-refractivity contribution < 1.29 is 13.6 Å². The second-order valence-electron chi connectivity index (χ2n) is 4.55. The summed E-state index contributed by atoms with van der Waals surface area (Å²) in [4.78, 5) is 11.8. The van der Waals surface area contributed by atoms with Gasteiger partial charge in [-0.2, -0.15) is 0 Å². The molecule has 1 amide bonds. The van der Waals surface area contributed by atoms with Crippen molar-refractivity contribution in [1.82, 2.24) is 0 Å². The maximum atomic E-state index is 13.4. The van der Waals surface area contributed by atoms with Gasteiger partial charge < -0.3 is 11.1 Å². The van der Waals surface area contributed by atoms with Gasteiger partial charge in [-0.25, -0.2) is 8.78 Å². The van der Waals surface area contributed by atoms with E-state index in [1.165, 1.54) is 6.07 Å². The lowest BCUT2D eigenvalue weighted by Crippen LogP contribution is -2.16. The summed E-state index contributed by atoms with van der Waals surface area (Å²) in [6.45, 7) is 1.88. The minimum atomic E-state index is -0.739.